The molecule has 2 N–H and O–H groups in total. The Morgan fingerprint density at radius 3 is 2.62 bits per heavy atom. The molecule has 0 saturated carbocycles. The lowest BCUT2D eigenvalue weighted by Crippen LogP contribution is -2.39. The summed E-state index contributed by atoms with van der Waals surface area (Å²) in [5, 5.41) is 8.53. The van der Waals surface area contributed by atoms with Crippen LogP contribution in [-0.4, -0.2) is 43.9 Å². The average Bonchev–Trinajstić information content (AvgIpc) is 3.51. The molecule has 5 rings (SSSR count). The summed E-state index contributed by atoms with van der Waals surface area (Å²) in [7, 11) is 0. The van der Waals surface area contributed by atoms with Crippen molar-refractivity contribution in [3.8, 4) is 22.9 Å². The normalized spacial score (nSPS) is 14.5. The summed E-state index contributed by atoms with van der Waals surface area (Å²) in [6.45, 7) is 1.04. The monoisotopic (exact) mass is 465 g/mol. The van der Waals surface area contributed by atoms with Crippen LogP contribution in [0, 0.1) is 17.6 Å². The molecule has 174 valence electrons. The van der Waals surface area contributed by atoms with Gasteiger partial charge in [-0.3, -0.25) is 9.48 Å². The van der Waals surface area contributed by atoms with Crippen molar-refractivity contribution >= 4 is 11.7 Å². The molecule has 0 atom stereocenters. The number of anilines is 1. The number of carbonyl (C=O) groups is 1. The van der Waals surface area contributed by atoms with Gasteiger partial charge in [0.05, 0.1) is 18.4 Å². The lowest BCUT2D eigenvalue weighted by atomic mass is 9.96. The molecule has 9 nitrogen and oxygen atoms in total. The van der Waals surface area contributed by atoms with Gasteiger partial charge in [0.1, 0.15) is 23.5 Å². The van der Waals surface area contributed by atoms with Gasteiger partial charge < -0.3 is 15.2 Å². The molecule has 0 aliphatic carbocycles. The summed E-state index contributed by atoms with van der Waals surface area (Å²) in [5.74, 6) is -1.14. The van der Waals surface area contributed by atoms with E-state index in [1.54, 1.807) is 39.9 Å². The minimum atomic E-state index is -0.566. The van der Waals surface area contributed by atoms with E-state index in [2.05, 4.69) is 20.2 Å². The van der Waals surface area contributed by atoms with E-state index >= 15 is 0 Å². The Kier molecular flexibility index (Phi) is 5.74. The highest BCUT2D eigenvalue weighted by molar-refractivity contribution is 5.77. The zero-order valence-electron chi connectivity index (χ0n) is 18.1. The van der Waals surface area contributed by atoms with Gasteiger partial charge in [0, 0.05) is 30.6 Å². The number of aromatic nitrogens is 5. The highest BCUT2D eigenvalue weighted by atomic mass is 19.1. The van der Waals surface area contributed by atoms with E-state index in [4.69, 9.17) is 10.3 Å². The van der Waals surface area contributed by atoms with Crippen LogP contribution in [0.3, 0.4) is 0 Å². The number of nitrogens with two attached hydrogens (primary N) is 1. The van der Waals surface area contributed by atoms with Crippen LogP contribution in [-0.2, 0) is 11.3 Å². The van der Waals surface area contributed by atoms with Crippen molar-refractivity contribution in [1.82, 2.24) is 24.9 Å². The number of carbonyl (C=O) groups excluding carboxylic acids is 1. The van der Waals surface area contributed by atoms with Gasteiger partial charge in [-0.05, 0) is 25.0 Å². The van der Waals surface area contributed by atoms with Gasteiger partial charge in [0.2, 0.25) is 5.91 Å². The zero-order chi connectivity index (χ0) is 23.7. The van der Waals surface area contributed by atoms with E-state index < -0.39 is 5.82 Å². The molecule has 3 aromatic heterocycles. The number of amides is 1. The second-order valence-corrected chi connectivity index (χ2v) is 8.08. The first-order chi connectivity index (χ1) is 16.5. The number of nitrogens with zero attached hydrogens (tertiary/aromatic N) is 6. The molecular weight excluding hydrogens is 444 g/mol. The molecule has 1 saturated heterocycles. The molecule has 0 radical (unpaired) electrons. The first kappa shape index (κ1) is 21.7. The van der Waals surface area contributed by atoms with Crippen molar-refractivity contribution in [3.63, 3.8) is 0 Å². The van der Waals surface area contributed by atoms with E-state index in [0.29, 0.717) is 48.6 Å². The maximum atomic E-state index is 14.6. The smallest absolute Gasteiger partial charge is 0.220 e. The summed E-state index contributed by atoms with van der Waals surface area (Å²) >= 11 is 0. The minimum Gasteiger partial charge on any atom is -0.369 e. The summed E-state index contributed by atoms with van der Waals surface area (Å²) in [6.07, 6.45) is 3.59. The molecule has 1 aliphatic heterocycles. The van der Waals surface area contributed by atoms with E-state index in [0.717, 1.165) is 6.20 Å². The molecule has 1 aliphatic rings. The number of benzene rings is 1. The SMILES string of the molecule is NC(=O)C1CCN(c2nc(-c3cc(-c4ccon4)n(Cc4ccccc4F)n3)ncc2F)CC1. The van der Waals surface area contributed by atoms with Crippen LogP contribution in [0.15, 0.2) is 53.4 Å². The largest absolute Gasteiger partial charge is 0.369 e. The lowest BCUT2D eigenvalue weighted by molar-refractivity contribution is -0.122. The highest BCUT2D eigenvalue weighted by Gasteiger charge is 2.26. The lowest BCUT2D eigenvalue weighted by Gasteiger charge is -2.31. The summed E-state index contributed by atoms with van der Waals surface area (Å²) < 4.78 is 35.4. The second kappa shape index (κ2) is 9.00. The molecule has 1 amide bonds. The van der Waals surface area contributed by atoms with Gasteiger partial charge in [-0.25, -0.2) is 18.7 Å². The van der Waals surface area contributed by atoms with Crippen LogP contribution in [0.4, 0.5) is 14.6 Å². The summed E-state index contributed by atoms with van der Waals surface area (Å²) in [5.41, 5.74) is 7.30. The van der Waals surface area contributed by atoms with Crippen molar-refractivity contribution in [3.05, 3.63) is 66.1 Å². The molecule has 34 heavy (non-hydrogen) atoms. The predicted octanol–water partition coefficient (Wildman–Crippen LogP) is 3.02. The first-order valence-electron chi connectivity index (χ1n) is 10.8. The maximum Gasteiger partial charge on any atom is 0.220 e. The maximum absolute atomic E-state index is 14.6. The van der Waals surface area contributed by atoms with Crippen LogP contribution in [0.25, 0.3) is 22.9 Å². The molecule has 11 heteroatoms. The first-order valence-corrected chi connectivity index (χ1v) is 10.8. The molecular formula is C23H21F2N7O2. The highest BCUT2D eigenvalue weighted by Crippen LogP contribution is 2.28. The van der Waals surface area contributed by atoms with Crippen LogP contribution in [0.2, 0.25) is 0 Å². The number of hydrogen-bond donors (Lipinski definition) is 1. The number of piperidine rings is 1. The molecule has 1 aromatic carbocycles. The van der Waals surface area contributed by atoms with Gasteiger partial charge in [-0.15, -0.1) is 0 Å². The number of hydrogen-bond acceptors (Lipinski definition) is 7. The third-order valence-corrected chi connectivity index (χ3v) is 5.91. The number of halogens is 2. The Bertz CT molecular complexity index is 1310. The third-order valence-electron chi connectivity index (χ3n) is 5.91. The van der Waals surface area contributed by atoms with Crippen molar-refractivity contribution in [2.24, 2.45) is 11.7 Å². The summed E-state index contributed by atoms with van der Waals surface area (Å²) in [4.78, 5) is 21.8. The van der Waals surface area contributed by atoms with Crippen molar-refractivity contribution in [1.29, 1.82) is 0 Å². The second-order valence-electron chi connectivity index (χ2n) is 8.08. The summed E-state index contributed by atoms with van der Waals surface area (Å²) in [6, 6.07) is 9.78. The van der Waals surface area contributed by atoms with Gasteiger partial charge >= 0.3 is 0 Å². The fourth-order valence-corrected chi connectivity index (χ4v) is 4.06. The Labute approximate surface area is 193 Å². The van der Waals surface area contributed by atoms with Gasteiger partial charge in [-0.1, -0.05) is 23.4 Å². The van der Waals surface area contributed by atoms with Crippen molar-refractivity contribution < 1.29 is 18.1 Å². The Balaban J connectivity index is 1.49. The topological polar surface area (TPSA) is 116 Å². The van der Waals surface area contributed by atoms with Gasteiger partial charge in [-0.2, -0.15) is 5.10 Å². The average molecular weight is 465 g/mol. The quantitative estimate of drug-likeness (QED) is 0.465. The van der Waals surface area contributed by atoms with Crippen LogP contribution < -0.4 is 10.6 Å². The van der Waals surface area contributed by atoms with Gasteiger partial charge in [0.15, 0.2) is 17.5 Å². The van der Waals surface area contributed by atoms with E-state index in [1.807, 2.05) is 0 Å². The fourth-order valence-electron chi connectivity index (χ4n) is 4.06. The van der Waals surface area contributed by atoms with Crippen LogP contribution in [0.5, 0.6) is 0 Å². The molecule has 4 heterocycles. The van der Waals surface area contributed by atoms with Gasteiger partial charge in [0.25, 0.3) is 0 Å². The Hall–Kier alpha value is -4.15. The molecule has 1 fully saturated rings. The van der Waals surface area contributed by atoms with E-state index in [9.17, 15) is 13.6 Å². The van der Waals surface area contributed by atoms with Crippen LogP contribution >= 0.6 is 0 Å². The number of rotatable bonds is 6. The zero-order valence-corrected chi connectivity index (χ0v) is 18.1. The minimum absolute atomic E-state index is 0.138. The molecule has 0 spiro atoms. The molecule has 4 aromatic rings. The Morgan fingerprint density at radius 1 is 1.12 bits per heavy atom. The fraction of sp³-hybridized carbons (Fsp3) is 0.261. The van der Waals surface area contributed by atoms with Crippen LogP contribution in [0.1, 0.15) is 18.4 Å². The molecule has 0 bridgehead atoms. The van der Waals surface area contributed by atoms with Crippen molar-refractivity contribution in [2.45, 2.75) is 19.4 Å². The molecule has 0 unspecified atom stereocenters. The van der Waals surface area contributed by atoms with Crippen molar-refractivity contribution in [2.75, 3.05) is 18.0 Å². The number of primary amides is 1. The standard InChI is InChI=1S/C23H21F2N7O2/c24-16-4-2-1-3-15(16)13-32-20(18-7-10-34-30-18)11-19(29-32)22-27-12-17(25)23(28-22)31-8-5-14(6-9-31)21(26)33/h1-4,7,10-12,14H,5-6,8-9,13H2,(H2,26,33). The Morgan fingerprint density at radius 2 is 1.91 bits per heavy atom. The predicted molar refractivity (Wildman–Crippen MR) is 118 cm³/mol. The van der Waals surface area contributed by atoms with E-state index in [-0.39, 0.29) is 35.8 Å². The van der Waals surface area contributed by atoms with E-state index in [1.165, 1.54) is 12.3 Å². The third kappa shape index (κ3) is 4.24.